The number of hydrogen-bond acceptors (Lipinski definition) is 4. The van der Waals surface area contributed by atoms with E-state index in [0.717, 1.165) is 62.6 Å². The number of nitrogens with zero attached hydrogens (tertiary/aromatic N) is 2. The lowest BCUT2D eigenvalue weighted by molar-refractivity contribution is -0.130. The van der Waals surface area contributed by atoms with Crippen molar-refractivity contribution in [2.45, 2.75) is 117 Å². The van der Waals surface area contributed by atoms with Crippen LogP contribution in [-0.4, -0.2) is 65.9 Å². The van der Waals surface area contributed by atoms with Crippen LogP contribution in [0.25, 0.3) is 0 Å². The summed E-state index contributed by atoms with van der Waals surface area (Å²) in [5, 5.41) is 0. The monoisotopic (exact) mass is 526 g/mol. The fourth-order valence-corrected chi connectivity index (χ4v) is 11.3. The maximum atomic E-state index is 12.3. The van der Waals surface area contributed by atoms with Gasteiger partial charge in [0.25, 0.3) is 0 Å². The Morgan fingerprint density at radius 1 is 1.08 bits per heavy atom. The second-order valence-electron chi connectivity index (χ2n) is 15.4. The molecule has 1 amide bonds. The zero-order valence-corrected chi connectivity index (χ0v) is 25.1. The minimum absolute atomic E-state index is 0.0156. The molecule has 0 bridgehead atoms. The summed E-state index contributed by atoms with van der Waals surface area (Å²) < 4.78 is 7.27. The Hall–Kier alpha value is -0.940. The first-order chi connectivity index (χ1) is 18.0. The Labute approximate surface area is 231 Å². The van der Waals surface area contributed by atoms with Gasteiger partial charge < -0.3 is 9.64 Å². The van der Waals surface area contributed by atoms with E-state index in [4.69, 9.17) is 4.74 Å². The van der Waals surface area contributed by atoms with Crippen LogP contribution in [0.4, 0.5) is 0 Å². The number of likely N-dealkylation sites (tertiary alicyclic amines) is 1. The van der Waals surface area contributed by atoms with Crippen LogP contribution in [-0.2, 0) is 14.3 Å². The smallest absolute Gasteiger partial charge is 0.219 e. The Balaban J connectivity index is 1.19. The van der Waals surface area contributed by atoms with Crippen molar-refractivity contribution in [2.24, 2.45) is 52.8 Å². The molecule has 6 aliphatic rings. The van der Waals surface area contributed by atoms with Crippen LogP contribution >= 0.6 is 0 Å². The number of carbonyl (C=O) groups excluding carboxylic acids is 2. The summed E-state index contributed by atoms with van der Waals surface area (Å²) in [5.41, 5.74) is 0.415. The molecule has 214 valence electrons. The highest BCUT2D eigenvalue weighted by molar-refractivity contribution is 5.79. The molecule has 1 spiro atoms. The van der Waals surface area contributed by atoms with Gasteiger partial charge in [-0.05, 0) is 98.2 Å². The van der Waals surface area contributed by atoms with Crippen molar-refractivity contribution in [2.75, 3.05) is 26.7 Å². The lowest BCUT2D eigenvalue weighted by Gasteiger charge is -2.52. The molecule has 0 aromatic rings. The number of likely N-dealkylation sites (N-methyl/N-ethyl adjacent to an activating group) is 1. The van der Waals surface area contributed by atoms with Crippen LogP contribution in [0.3, 0.4) is 0 Å². The van der Waals surface area contributed by atoms with Gasteiger partial charge in [0.1, 0.15) is 5.78 Å². The first-order valence-electron chi connectivity index (χ1n) is 16.2. The van der Waals surface area contributed by atoms with Crippen molar-refractivity contribution in [3.8, 4) is 0 Å². The van der Waals surface area contributed by atoms with Crippen molar-refractivity contribution in [1.82, 2.24) is 9.80 Å². The van der Waals surface area contributed by atoms with E-state index < -0.39 is 0 Å². The van der Waals surface area contributed by atoms with Gasteiger partial charge in [-0.15, -0.1) is 0 Å². The van der Waals surface area contributed by atoms with Crippen LogP contribution in [0.15, 0.2) is 0 Å². The highest BCUT2D eigenvalue weighted by Crippen LogP contribution is 2.66. The van der Waals surface area contributed by atoms with E-state index in [9.17, 15) is 9.59 Å². The highest BCUT2D eigenvalue weighted by Gasteiger charge is 2.62. The zero-order chi connectivity index (χ0) is 27.0. The molecule has 0 radical (unpaired) electrons. The number of rotatable bonds is 3. The molecule has 6 rings (SSSR count). The number of ketones is 1. The number of fused-ring (bicyclic) bond motifs is 6. The van der Waals surface area contributed by atoms with Gasteiger partial charge in [-0.2, -0.15) is 0 Å². The summed E-state index contributed by atoms with van der Waals surface area (Å²) in [7, 11) is 1.93. The lowest BCUT2D eigenvalue weighted by Crippen LogP contribution is -2.53. The quantitative estimate of drug-likeness (QED) is 0.466. The van der Waals surface area contributed by atoms with Gasteiger partial charge in [-0.1, -0.05) is 27.7 Å². The van der Waals surface area contributed by atoms with E-state index in [1.54, 1.807) is 6.92 Å². The van der Waals surface area contributed by atoms with Gasteiger partial charge in [0.05, 0.1) is 11.7 Å². The zero-order valence-electron chi connectivity index (χ0n) is 25.1. The lowest BCUT2D eigenvalue weighted by atomic mass is 9.52. The fourth-order valence-electron chi connectivity index (χ4n) is 11.3. The van der Waals surface area contributed by atoms with Crippen molar-refractivity contribution in [3.63, 3.8) is 0 Å². The maximum absolute atomic E-state index is 12.3. The van der Waals surface area contributed by atoms with Gasteiger partial charge in [0, 0.05) is 58.4 Å². The third kappa shape index (κ3) is 4.32. The topological polar surface area (TPSA) is 49.9 Å². The molecule has 0 aromatic carbocycles. The van der Waals surface area contributed by atoms with Crippen molar-refractivity contribution in [1.29, 1.82) is 0 Å². The van der Waals surface area contributed by atoms with Gasteiger partial charge in [0.2, 0.25) is 5.91 Å². The molecule has 0 aromatic heterocycles. The largest absolute Gasteiger partial charge is 0.370 e. The molecule has 2 heterocycles. The van der Waals surface area contributed by atoms with E-state index in [1.807, 2.05) is 11.9 Å². The molecular weight excluding hydrogens is 472 g/mol. The molecular formula is C33H54N2O3. The average Bonchev–Trinajstić information content (AvgIpc) is 3.32. The Bertz CT molecular complexity index is 937. The van der Waals surface area contributed by atoms with E-state index >= 15 is 0 Å². The molecule has 6 fully saturated rings. The predicted molar refractivity (Wildman–Crippen MR) is 151 cm³/mol. The molecule has 5 nitrogen and oxygen atoms in total. The minimum atomic E-state index is 0.0156. The third-order valence-electron chi connectivity index (χ3n) is 13.5. The number of ether oxygens (including phenoxy) is 1. The first-order valence-corrected chi connectivity index (χ1v) is 16.2. The van der Waals surface area contributed by atoms with E-state index in [0.29, 0.717) is 47.0 Å². The second-order valence-corrected chi connectivity index (χ2v) is 15.4. The Morgan fingerprint density at radius 2 is 1.87 bits per heavy atom. The van der Waals surface area contributed by atoms with Crippen LogP contribution in [0.2, 0.25) is 0 Å². The normalized spacial score (nSPS) is 50.6. The van der Waals surface area contributed by atoms with Gasteiger partial charge >= 0.3 is 0 Å². The summed E-state index contributed by atoms with van der Waals surface area (Å²) >= 11 is 0. The number of amides is 1. The van der Waals surface area contributed by atoms with Crippen molar-refractivity contribution >= 4 is 11.7 Å². The predicted octanol–water partition coefficient (Wildman–Crippen LogP) is 5.81. The van der Waals surface area contributed by atoms with Crippen LogP contribution in [0.5, 0.6) is 0 Å². The molecule has 38 heavy (non-hydrogen) atoms. The van der Waals surface area contributed by atoms with Crippen LogP contribution < -0.4 is 0 Å². The Morgan fingerprint density at radius 3 is 2.63 bits per heavy atom. The standard InChI is InChI=1S/C33H54N2O3/c1-20-15-30-31(35(19-20)14-13-34(6)23(4)36)22(3)33(38-30)12-10-26-27-8-7-24-16-25(37)9-11-32(24,5)29(27)17-28(26)21(2)18-33/h20-22,24,26-31H,7-19H2,1-6H3/t20-,21?,22+,24+,26-,27-,28?,29-,30+,31-,32-,33-/m0/s1. The average molecular weight is 527 g/mol. The van der Waals surface area contributed by atoms with Crippen LogP contribution in [0, 0.1) is 52.8 Å². The molecule has 0 N–H and O–H groups in total. The van der Waals surface area contributed by atoms with Gasteiger partial charge in [-0.3, -0.25) is 14.5 Å². The molecule has 12 atom stereocenters. The van der Waals surface area contributed by atoms with Crippen molar-refractivity contribution in [3.05, 3.63) is 0 Å². The number of Topliss-reactive ketones (excluding diaryl/α,β-unsaturated/α-hetero) is 1. The fraction of sp³-hybridized carbons (Fsp3) is 0.939. The highest BCUT2D eigenvalue weighted by atomic mass is 16.5. The summed E-state index contributed by atoms with van der Waals surface area (Å²) in [6.07, 6.45) is 12.2. The summed E-state index contributed by atoms with van der Waals surface area (Å²) in [6, 6.07) is 0.485. The number of piperidine rings is 1. The molecule has 2 aliphatic heterocycles. The van der Waals surface area contributed by atoms with E-state index in [-0.39, 0.29) is 11.5 Å². The SMILES string of the molecule is CC(=O)N(C)CCN1C[C@@H](C)C[C@H]2O[C@]3(CC[C@@H]4C(C[C@H]5[C@H]4CC[C@@H]4CC(=O)CC[C@@]45C)C(C)C3)[C@H](C)[C@@H]21. The molecule has 2 unspecified atom stereocenters. The van der Waals surface area contributed by atoms with E-state index in [1.165, 1.54) is 44.9 Å². The van der Waals surface area contributed by atoms with Gasteiger partial charge in [0.15, 0.2) is 0 Å². The number of carbonyl (C=O) groups is 2. The third-order valence-corrected chi connectivity index (χ3v) is 13.5. The summed E-state index contributed by atoms with van der Waals surface area (Å²) in [4.78, 5) is 28.7. The minimum Gasteiger partial charge on any atom is -0.370 e. The van der Waals surface area contributed by atoms with E-state index in [2.05, 4.69) is 32.6 Å². The summed E-state index contributed by atoms with van der Waals surface area (Å²) in [5.74, 6) is 6.59. The molecule has 4 saturated carbocycles. The Kier molecular flexibility index (Phi) is 7.07. The molecule has 2 saturated heterocycles. The second kappa shape index (κ2) is 9.86. The van der Waals surface area contributed by atoms with Crippen LogP contribution in [0.1, 0.15) is 98.8 Å². The maximum Gasteiger partial charge on any atom is 0.219 e. The molecule has 5 heteroatoms. The van der Waals surface area contributed by atoms with Crippen molar-refractivity contribution < 1.29 is 14.3 Å². The number of hydrogen-bond donors (Lipinski definition) is 0. The first kappa shape index (κ1) is 27.2. The van der Waals surface area contributed by atoms with Gasteiger partial charge in [-0.25, -0.2) is 0 Å². The summed E-state index contributed by atoms with van der Waals surface area (Å²) in [6.45, 7) is 14.6. The molecule has 4 aliphatic carbocycles.